The maximum Gasteiger partial charge on any atom is 0.145 e. The molecule has 0 saturated carbocycles. The lowest BCUT2D eigenvalue weighted by molar-refractivity contribution is 0.107. The summed E-state index contributed by atoms with van der Waals surface area (Å²) < 4.78 is 23.9. The molecule has 2 aromatic rings. The van der Waals surface area contributed by atoms with Crippen LogP contribution in [0.2, 0.25) is 10.0 Å². The first-order chi connectivity index (χ1) is 12.5. The molecule has 2 aromatic carbocycles. The highest BCUT2D eigenvalue weighted by molar-refractivity contribution is 6.36. The van der Waals surface area contributed by atoms with E-state index in [2.05, 4.69) is 5.32 Å². The van der Waals surface area contributed by atoms with Crippen molar-refractivity contribution in [1.29, 1.82) is 0 Å². The van der Waals surface area contributed by atoms with Gasteiger partial charge in [0.2, 0.25) is 0 Å². The molecule has 0 saturated heterocycles. The van der Waals surface area contributed by atoms with Gasteiger partial charge in [-0.15, -0.1) is 0 Å². The van der Waals surface area contributed by atoms with E-state index in [0.717, 1.165) is 11.1 Å². The molecule has 2 N–H and O–H groups in total. The lowest BCUT2D eigenvalue weighted by Crippen LogP contribution is -2.33. The van der Waals surface area contributed by atoms with Crippen molar-refractivity contribution in [2.24, 2.45) is 0 Å². The average molecular weight is 398 g/mol. The summed E-state index contributed by atoms with van der Waals surface area (Å²) in [6.07, 6.45) is 1.28. The molecule has 0 amide bonds. The number of aliphatic hydroxyl groups excluding tert-OH is 1. The second-order valence-electron chi connectivity index (χ2n) is 5.95. The minimum absolute atomic E-state index is 0.113. The van der Waals surface area contributed by atoms with Crippen LogP contribution in [-0.2, 0) is 0 Å². The van der Waals surface area contributed by atoms with Gasteiger partial charge in [0.05, 0.1) is 5.02 Å². The maximum absolute atomic E-state index is 12.8. The molecule has 1 unspecified atom stereocenters. The Balaban J connectivity index is 1.45. The van der Waals surface area contributed by atoms with Crippen molar-refractivity contribution in [1.82, 2.24) is 5.32 Å². The standard InChI is InChI=1S/C19H18Cl2FNO3/c20-14-6-13-5-12(10-26-19(13)18(21)7-14)8-23-9-16(24)11-25-17-3-1-15(22)2-4-17/h1-7,16,23-24H,8-11H2. The fourth-order valence-electron chi connectivity index (χ4n) is 2.55. The van der Waals surface area contributed by atoms with Gasteiger partial charge in [0.1, 0.15) is 36.6 Å². The van der Waals surface area contributed by atoms with Gasteiger partial charge in [0.25, 0.3) is 0 Å². The summed E-state index contributed by atoms with van der Waals surface area (Å²) in [6, 6.07) is 9.11. The van der Waals surface area contributed by atoms with Crippen molar-refractivity contribution >= 4 is 29.3 Å². The number of fused-ring (bicyclic) bond motifs is 1. The number of benzene rings is 2. The summed E-state index contributed by atoms with van der Waals surface area (Å²) in [5.41, 5.74) is 1.85. The van der Waals surface area contributed by atoms with Gasteiger partial charge in [0.15, 0.2) is 0 Å². The predicted molar refractivity (Wildman–Crippen MR) is 101 cm³/mol. The van der Waals surface area contributed by atoms with E-state index in [9.17, 15) is 9.50 Å². The van der Waals surface area contributed by atoms with Gasteiger partial charge < -0.3 is 19.9 Å². The van der Waals surface area contributed by atoms with Crippen LogP contribution in [0.4, 0.5) is 4.39 Å². The molecular weight excluding hydrogens is 380 g/mol. The molecule has 7 heteroatoms. The molecule has 0 radical (unpaired) electrons. The highest BCUT2D eigenvalue weighted by Gasteiger charge is 2.16. The van der Waals surface area contributed by atoms with Crippen LogP contribution in [0.25, 0.3) is 6.08 Å². The Morgan fingerprint density at radius 2 is 2.00 bits per heavy atom. The Kier molecular flexibility index (Phi) is 6.38. The van der Waals surface area contributed by atoms with E-state index in [4.69, 9.17) is 32.7 Å². The van der Waals surface area contributed by atoms with Gasteiger partial charge >= 0.3 is 0 Å². The number of hydrogen-bond donors (Lipinski definition) is 2. The van der Waals surface area contributed by atoms with E-state index in [1.807, 2.05) is 6.08 Å². The molecule has 0 aromatic heterocycles. The summed E-state index contributed by atoms with van der Waals surface area (Å²) in [5, 5.41) is 14.2. The molecule has 3 rings (SSSR count). The molecule has 4 nitrogen and oxygen atoms in total. The fraction of sp³-hybridized carbons (Fsp3) is 0.263. The van der Waals surface area contributed by atoms with Crippen LogP contribution in [0.3, 0.4) is 0 Å². The first-order valence-electron chi connectivity index (χ1n) is 8.09. The zero-order valence-corrected chi connectivity index (χ0v) is 15.4. The van der Waals surface area contributed by atoms with Crippen LogP contribution in [0, 0.1) is 5.82 Å². The van der Waals surface area contributed by atoms with Crippen LogP contribution in [0.15, 0.2) is 42.0 Å². The third-order valence-electron chi connectivity index (χ3n) is 3.79. The summed E-state index contributed by atoms with van der Waals surface area (Å²) >= 11 is 12.1. The lowest BCUT2D eigenvalue weighted by atomic mass is 10.1. The Bertz CT molecular complexity index is 796. The van der Waals surface area contributed by atoms with Gasteiger partial charge in [-0.1, -0.05) is 23.2 Å². The van der Waals surface area contributed by atoms with Crippen LogP contribution < -0.4 is 14.8 Å². The van der Waals surface area contributed by atoms with E-state index in [1.54, 1.807) is 12.1 Å². The Hall–Kier alpha value is -1.79. The van der Waals surface area contributed by atoms with E-state index < -0.39 is 6.10 Å². The molecular formula is C19H18Cl2FNO3. The van der Waals surface area contributed by atoms with Crippen molar-refractivity contribution < 1.29 is 19.0 Å². The Morgan fingerprint density at radius 1 is 1.23 bits per heavy atom. The maximum atomic E-state index is 12.8. The minimum atomic E-state index is -0.693. The monoisotopic (exact) mass is 397 g/mol. The fourth-order valence-corrected chi connectivity index (χ4v) is 3.11. The van der Waals surface area contributed by atoms with Crippen LogP contribution in [-0.4, -0.2) is 37.5 Å². The summed E-state index contributed by atoms with van der Waals surface area (Å²) in [7, 11) is 0. The van der Waals surface area contributed by atoms with E-state index in [-0.39, 0.29) is 12.4 Å². The summed E-state index contributed by atoms with van der Waals surface area (Å²) in [4.78, 5) is 0. The summed E-state index contributed by atoms with van der Waals surface area (Å²) in [6.45, 7) is 1.44. The second-order valence-corrected chi connectivity index (χ2v) is 6.79. The van der Waals surface area contributed by atoms with E-state index >= 15 is 0 Å². The Labute approximate surface area is 161 Å². The number of ether oxygens (including phenoxy) is 2. The third-order valence-corrected chi connectivity index (χ3v) is 4.29. The van der Waals surface area contributed by atoms with Gasteiger partial charge in [-0.2, -0.15) is 0 Å². The number of aliphatic hydroxyl groups is 1. The number of nitrogens with one attached hydrogen (secondary N) is 1. The largest absolute Gasteiger partial charge is 0.491 e. The molecule has 26 heavy (non-hydrogen) atoms. The highest BCUT2D eigenvalue weighted by atomic mass is 35.5. The van der Waals surface area contributed by atoms with Crippen molar-refractivity contribution in [2.75, 3.05) is 26.3 Å². The first-order valence-corrected chi connectivity index (χ1v) is 8.85. The number of rotatable bonds is 7. The second kappa shape index (κ2) is 8.73. The van der Waals surface area contributed by atoms with Gasteiger partial charge in [-0.05, 0) is 48.0 Å². The highest BCUT2D eigenvalue weighted by Crippen LogP contribution is 2.36. The van der Waals surface area contributed by atoms with E-state index in [0.29, 0.717) is 41.2 Å². The van der Waals surface area contributed by atoms with Crippen molar-refractivity contribution in [3.8, 4) is 11.5 Å². The third kappa shape index (κ3) is 5.11. The SMILES string of the molecule is OC(CNCC1=Cc2cc(Cl)cc(Cl)c2OC1)COc1ccc(F)cc1. The molecule has 0 bridgehead atoms. The number of hydrogen-bond acceptors (Lipinski definition) is 4. The quantitative estimate of drug-likeness (QED) is 0.742. The van der Waals surface area contributed by atoms with Gasteiger partial charge in [0, 0.05) is 23.7 Å². The van der Waals surface area contributed by atoms with Crippen LogP contribution >= 0.6 is 23.2 Å². The van der Waals surface area contributed by atoms with Crippen LogP contribution in [0.1, 0.15) is 5.56 Å². The van der Waals surface area contributed by atoms with Gasteiger partial charge in [-0.25, -0.2) is 4.39 Å². The molecule has 0 aliphatic carbocycles. The minimum Gasteiger partial charge on any atom is -0.491 e. The molecule has 0 spiro atoms. The summed E-state index contributed by atoms with van der Waals surface area (Å²) in [5.74, 6) is 0.818. The van der Waals surface area contributed by atoms with Gasteiger partial charge in [-0.3, -0.25) is 0 Å². The van der Waals surface area contributed by atoms with Crippen molar-refractivity contribution in [2.45, 2.75) is 6.10 Å². The topological polar surface area (TPSA) is 50.7 Å². The molecule has 0 fully saturated rings. The zero-order chi connectivity index (χ0) is 18.5. The van der Waals surface area contributed by atoms with E-state index in [1.165, 1.54) is 24.3 Å². The molecule has 1 atom stereocenters. The molecule has 138 valence electrons. The lowest BCUT2D eigenvalue weighted by Gasteiger charge is -2.20. The van der Waals surface area contributed by atoms with Crippen molar-refractivity contribution in [3.05, 3.63) is 63.4 Å². The molecule has 1 heterocycles. The van der Waals surface area contributed by atoms with Crippen molar-refractivity contribution in [3.63, 3.8) is 0 Å². The zero-order valence-electron chi connectivity index (χ0n) is 13.8. The molecule has 1 aliphatic heterocycles. The molecule has 1 aliphatic rings. The predicted octanol–water partition coefficient (Wildman–Crippen LogP) is 3.94. The Morgan fingerprint density at radius 3 is 2.77 bits per heavy atom. The smallest absolute Gasteiger partial charge is 0.145 e. The number of halogens is 3. The normalized spacial score (nSPS) is 14.2. The first kappa shape index (κ1) is 19.0. The average Bonchev–Trinajstić information content (AvgIpc) is 2.61. The van der Waals surface area contributed by atoms with Crippen LogP contribution in [0.5, 0.6) is 11.5 Å².